The van der Waals surface area contributed by atoms with Crippen molar-refractivity contribution in [3.05, 3.63) is 78.1 Å². The van der Waals surface area contributed by atoms with Crippen molar-refractivity contribution in [2.75, 3.05) is 26.6 Å². The lowest BCUT2D eigenvalue weighted by Crippen LogP contribution is -2.34. The van der Waals surface area contributed by atoms with Crippen molar-refractivity contribution in [1.29, 1.82) is 0 Å². The van der Waals surface area contributed by atoms with Crippen LogP contribution in [0, 0.1) is 0 Å². The molecule has 3 rings (SSSR count). The van der Waals surface area contributed by atoms with Crippen LogP contribution in [-0.2, 0) is 13.1 Å². The van der Waals surface area contributed by atoms with Crippen LogP contribution >= 0.6 is 12.2 Å². The maximum absolute atomic E-state index is 5.76. The molecule has 2 aromatic carbocycles. The van der Waals surface area contributed by atoms with Gasteiger partial charge in [0, 0.05) is 31.5 Å². The largest absolute Gasteiger partial charge is 0.497 e. The number of methoxy groups -OCH3 is 3. The number of anilines is 1. The van der Waals surface area contributed by atoms with Gasteiger partial charge in [0.1, 0.15) is 17.2 Å². The molecule has 1 aromatic heterocycles. The van der Waals surface area contributed by atoms with Gasteiger partial charge in [-0.05, 0) is 53.7 Å². The summed E-state index contributed by atoms with van der Waals surface area (Å²) in [6, 6.07) is 17.5. The number of benzene rings is 2. The molecule has 30 heavy (non-hydrogen) atoms. The lowest BCUT2D eigenvalue weighted by Gasteiger charge is -2.27. The minimum absolute atomic E-state index is 0.582. The number of ether oxygens (including phenoxy) is 3. The van der Waals surface area contributed by atoms with Gasteiger partial charge in [-0.15, -0.1) is 0 Å². The topological polar surface area (TPSA) is 55.9 Å². The molecule has 0 saturated carbocycles. The molecule has 1 N–H and O–H groups in total. The average molecular weight is 424 g/mol. The molecule has 0 atom stereocenters. The number of hydrogen-bond acceptors (Lipinski definition) is 5. The van der Waals surface area contributed by atoms with Crippen LogP contribution in [0.3, 0.4) is 0 Å². The highest BCUT2D eigenvalue weighted by Crippen LogP contribution is 2.29. The maximum atomic E-state index is 5.76. The Bertz CT molecular complexity index is 965. The average Bonchev–Trinajstić information content (AvgIpc) is 2.80. The van der Waals surface area contributed by atoms with Gasteiger partial charge in [-0.3, -0.25) is 4.98 Å². The molecule has 0 amide bonds. The van der Waals surface area contributed by atoms with Gasteiger partial charge >= 0.3 is 0 Å². The van der Waals surface area contributed by atoms with E-state index in [0.717, 1.165) is 22.6 Å². The van der Waals surface area contributed by atoms with Crippen LogP contribution in [0.2, 0.25) is 0 Å². The Kier molecular flexibility index (Phi) is 7.45. The minimum Gasteiger partial charge on any atom is -0.497 e. The van der Waals surface area contributed by atoms with Crippen molar-refractivity contribution in [2.24, 2.45) is 0 Å². The Hall–Kier alpha value is -3.32. The van der Waals surface area contributed by atoms with Crippen molar-refractivity contribution in [1.82, 2.24) is 9.88 Å². The normalized spacial score (nSPS) is 10.2. The van der Waals surface area contributed by atoms with Crippen molar-refractivity contribution in [3.63, 3.8) is 0 Å². The highest BCUT2D eigenvalue weighted by molar-refractivity contribution is 7.80. The number of rotatable bonds is 8. The molecule has 0 saturated heterocycles. The molecule has 0 bridgehead atoms. The fourth-order valence-electron chi connectivity index (χ4n) is 2.96. The van der Waals surface area contributed by atoms with E-state index in [1.807, 2.05) is 60.8 Å². The van der Waals surface area contributed by atoms with E-state index in [1.165, 1.54) is 0 Å². The van der Waals surface area contributed by atoms with Gasteiger partial charge in [0.25, 0.3) is 0 Å². The van der Waals surface area contributed by atoms with Gasteiger partial charge < -0.3 is 24.4 Å². The fourth-order valence-corrected chi connectivity index (χ4v) is 3.20. The first-order chi connectivity index (χ1) is 14.6. The molecule has 0 unspecified atom stereocenters. The Morgan fingerprint density at radius 2 is 1.60 bits per heavy atom. The number of thiocarbonyl (C=S) groups is 1. The SMILES string of the molecule is COc1ccc(CN(Cc2cccnc2)C(=S)Nc2ccc(OC)cc2OC)cc1. The van der Waals surface area contributed by atoms with Crippen LogP contribution in [-0.4, -0.2) is 36.3 Å². The summed E-state index contributed by atoms with van der Waals surface area (Å²) in [5.41, 5.74) is 2.96. The Labute approximate surface area is 182 Å². The summed E-state index contributed by atoms with van der Waals surface area (Å²) < 4.78 is 16.0. The predicted molar refractivity (Wildman–Crippen MR) is 122 cm³/mol. The molecular weight excluding hydrogens is 398 g/mol. The Balaban J connectivity index is 1.82. The first-order valence-corrected chi connectivity index (χ1v) is 9.83. The Morgan fingerprint density at radius 3 is 2.23 bits per heavy atom. The summed E-state index contributed by atoms with van der Waals surface area (Å²) >= 11 is 5.76. The van der Waals surface area contributed by atoms with Gasteiger partial charge in [-0.25, -0.2) is 0 Å². The molecule has 0 spiro atoms. The molecule has 0 fully saturated rings. The summed E-state index contributed by atoms with van der Waals surface area (Å²) in [5.74, 6) is 2.19. The van der Waals surface area contributed by atoms with Crippen LogP contribution in [0.4, 0.5) is 5.69 Å². The lowest BCUT2D eigenvalue weighted by atomic mass is 10.2. The van der Waals surface area contributed by atoms with Gasteiger partial charge in [-0.2, -0.15) is 0 Å². The van der Waals surface area contributed by atoms with Crippen LogP contribution in [0.25, 0.3) is 0 Å². The summed E-state index contributed by atoms with van der Waals surface area (Å²) in [6.45, 7) is 1.24. The van der Waals surface area contributed by atoms with Gasteiger partial charge in [0.2, 0.25) is 0 Å². The number of pyridine rings is 1. The van der Waals surface area contributed by atoms with Gasteiger partial charge in [0.15, 0.2) is 5.11 Å². The first-order valence-electron chi connectivity index (χ1n) is 9.42. The van der Waals surface area contributed by atoms with E-state index in [2.05, 4.69) is 15.2 Å². The summed E-state index contributed by atoms with van der Waals surface area (Å²) in [4.78, 5) is 6.30. The molecule has 7 heteroatoms. The van der Waals surface area contributed by atoms with E-state index in [0.29, 0.717) is 29.7 Å². The van der Waals surface area contributed by atoms with Crippen molar-refractivity contribution >= 4 is 23.0 Å². The number of nitrogens with one attached hydrogen (secondary N) is 1. The van der Waals surface area contributed by atoms with Gasteiger partial charge in [-0.1, -0.05) is 18.2 Å². The quantitative estimate of drug-likeness (QED) is 0.535. The smallest absolute Gasteiger partial charge is 0.174 e. The van der Waals surface area contributed by atoms with Crippen LogP contribution < -0.4 is 19.5 Å². The molecule has 0 radical (unpaired) electrons. The second-order valence-corrected chi connectivity index (χ2v) is 6.95. The summed E-state index contributed by atoms with van der Waals surface area (Å²) in [6.07, 6.45) is 3.60. The van der Waals surface area contributed by atoms with E-state index in [1.54, 1.807) is 27.5 Å². The third-order valence-electron chi connectivity index (χ3n) is 4.57. The van der Waals surface area contributed by atoms with Crippen molar-refractivity contribution in [3.8, 4) is 17.2 Å². The summed E-state index contributed by atoms with van der Waals surface area (Å²) in [7, 11) is 4.90. The van der Waals surface area contributed by atoms with Crippen molar-refractivity contribution < 1.29 is 14.2 Å². The first kappa shape index (κ1) is 21.4. The van der Waals surface area contributed by atoms with Crippen LogP contribution in [0.5, 0.6) is 17.2 Å². The molecule has 156 valence electrons. The number of aromatic nitrogens is 1. The fraction of sp³-hybridized carbons (Fsp3) is 0.217. The zero-order chi connectivity index (χ0) is 21.3. The van der Waals surface area contributed by atoms with E-state index in [-0.39, 0.29) is 0 Å². The van der Waals surface area contributed by atoms with Gasteiger partial charge in [0.05, 0.1) is 27.0 Å². The zero-order valence-corrected chi connectivity index (χ0v) is 18.1. The molecular formula is C23H25N3O3S. The monoisotopic (exact) mass is 423 g/mol. The molecule has 0 aliphatic rings. The van der Waals surface area contributed by atoms with E-state index in [4.69, 9.17) is 26.4 Å². The third-order valence-corrected chi connectivity index (χ3v) is 4.93. The van der Waals surface area contributed by atoms with Crippen LogP contribution in [0.1, 0.15) is 11.1 Å². The highest BCUT2D eigenvalue weighted by Gasteiger charge is 2.14. The zero-order valence-electron chi connectivity index (χ0n) is 17.3. The lowest BCUT2D eigenvalue weighted by molar-refractivity contribution is 0.394. The third kappa shape index (κ3) is 5.61. The van der Waals surface area contributed by atoms with E-state index in [9.17, 15) is 0 Å². The maximum Gasteiger partial charge on any atom is 0.174 e. The summed E-state index contributed by atoms with van der Waals surface area (Å²) in [5, 5.41) is 3.89. The van der Waals surface area contributed by atoms with E-state index < -0.39 is 0 Å². The Morgan fingerprint density at radius 1 is 0.900 bits per heavy atom. The van der Waals surface area contributed by atoms with Crippen molar-refractivity contribution in [2.45, 2.75) is 13.1 Å². The number of nitrogens with zero attached hydrogens (tertiary/aromatic N) is 2. The predicted octanol–water partition coefficient (Wildman–Crippen LogP) is 4.51. The standard InChI is InChI=1S/C23H25N3O3S/c1-27-19-8-6-17(7-9-19)15-26(16-18-5-4-12-24-14-18)23(30)25-21-11-10-20(28-2)13-22(21)29-3/h4-14H,15-16H2,1-3H3,(H,25,30). The van der Waals surface area contributed by atoms with E-state index >= 15 is 0 Å². The highest BCUT2D eigenvalue weighted by atomic mass is 32.1. The number of hydrogen-bond donors (Lipinski definition) is 1. The van der Waals surface area contributed by atoms with Crippen LogP contribution in [0.15, 0.2) is 67.0 Å². The molecule has 3 aromatic rings. The second-order valence-electron chi connectivity index (χ2n) is 6.56. The minimum atomic E-state index is 0.582. The molecule has 6 nitrogen and oxygen atoms in total. The molecule has 0 aliphatic heterocycles. The second kappa shape index (κ2) is 10.5. The molecule has 0 aliphatic carbocycles. The molecule has 1 heterocycles.